The molecular weight excluding hydrogens is 373 g/mol. The van der Waals surface area contributed by atoms with E-state index < -0.39 is 16.8 Å². The summed E-state index contributed by atoms with van der Waals surface area (Å²) in [6, 6.07) is 13.9. The number of non-ortho nitro benzene ring substituents is 1. The Kier molecular flexibility index (Phi) is 5.00. The Morgan fingerprint density at radius 1 is 1.22 bits per heavy atom. The third-order valence-electron chi connectivity index (χ3n) is 4.04. The van der Waals surface area contributed by atoms with Crippen molar-refractivity contribution in [3.63, 3.8) is 0 Å². The summed E-state index contributed by atoms with van der Waals surface area (Å²) in [7, 11) is 1.38. The van der Waals surface area contributed by atoms with Crippen LogP contribution in [0.1, 0.15) is 18.6 Å². The lowest BCUT2D eigenvalue weighted by Gasteiger charge is -2.17. The number of nitrogens with zero attached hydrogens (tertiary/aromatic N) is 1. The fourth-order valence-electron chi connectivity index (χ4n) is 2.72. The lowest BCUT2D eigenvalue weighted by Crippen LogP contribution is -2.05. The average Bonchev–Trinajstić information content (AvgIpc) is 2.67. The highest BCUT2D eigenvalue weighted by Crippen LogP contribution is 2.38. The van der Waals surface area contributed by atoms with Crippen molar-refractivity contribution in [3.8, 4) is 16.9 Å². The van der Waals surface area contributed by atoms with Gasteiger partial charge in [-0.3, -0.25) is 10.1 Å². The number of aliphatic hydroxyl groups is 1. The van der Waals surface area contributed by atoms with Gasteiger partial charge in [-0.2, -0.15) is 0 Å². The van der Waals surface area contributed by atoms with Crippen LogP contribution in [0.3, 0.4) is 0 Å². The molecule has 5 nitrogen and oxygen atoms in total. The van der Waals surface area contributed by atoms with Gasteiger partial charge in [0.25, 0.3) is 5.69 Å². The zero-order valence-corrected chi connectivity index (χ0v) is 14.9. The van der Waals surface area contributed by atoms with Crippen molar-refractivity contribution >= 4 is 17.3 Å². The van der Waals surface area contributed by atoms with E-state index in [2.05, 4.69) is 0 Å². The number of benzene rings is 3. The SMILES string of the molecule is [2H]C(O)(c1ccc([N+](=O)[O-])cc1)c1ccc(OC)c(-c2cccc(Cl)c2)c1F. The first-order valence-corrected chi connectivity index (χ1v) is 8.23. The quantitative estimate of drug-likeness (QED) is 0.485. The monoisotopic (exact) mass is 388 g/mol. The summed E-state index contributed by atoms with van der Waals surface area (Å²) >= 11 is 6.00. The number of methoxy groups -OCH3 is 1. The molecular formula is C20H15ClFNO4. The summed E-state index contributed by atoms with van der Waals surface area (Å²) in [5.74, 6) is -0.638. The maximum absolute atomic E-state index is 15.4. The van der Waals surface area contributed by atoms with Crippen LogP contribution in [-0.2, 0) is 0 Å². The molecule has 0 saturated heterocycles. The van der Waals surface area contributed by atoms with E-state index >= 15 is 4.39 Å². The number of halogens is 2. The summed E-state index contributed by atoms with van der Waals surface area (Å²) < 4.78 is 29.0. The van der Waals surface area contributed by atoms with Crippen LogP contribution in [0.2, 0.25) is 5.02 Å². The molecule has 3 aromatic rings. The van der Waals surface area contributed by atoms with Crippen molar-refractivity contribution < 1.29 is 20.5 Å². The maximum Gasteiger partial charge on any atom is 0.269 e. The average molecular weight is 389 g/mol. The zero-order chi connectivity index (χ0) is 20.5. The van der Waals surface area contributed by atoms with Gasteiger partial charge >= 0.3 is 0 Å². The van der Waals surface area contributed by atoms with Crippen LogP contribution in [0.25, 0.3) is 11.1 Å². The number of ether oxygens (including phenoxy) is 1. The van der Waals surface area contributed by atoms with Crippen LogP contribution in [0.5, 0.6) is 5.75 Å². The molecule has 0 saturated carbocycles. The van der Waals surface area contributed by atoms with Crippen LogP contribution in [0.15, 0.2) is 60.7 Å². The Morgan fingerprint density at radius 2 is 1.93 bits per heavy atom. The van der Waals surface area contributed by atoms with Gasteiger partial charge in [-0.15, -0.1) is 0 Å². The second-order valence-electron chi connectivity index (χ2n) is 5.67. The Labute approximate surface area is 161 Å². The minimum atomic E-state index is -2.47. The van der Waals surface area contributed by atoms with Crippen molar-refractivity contribution in [2.45, 2.75) is 6.08 Å². The minimum absolute atomic E-state index is 0.0146. The van der Waals surface area contributed by atoms with Crippen LogP contribution >= 0.6 is 11.6 Å². The van der Waals surface area contributed by atoms with Crippen LogP contribution < -0.4 is 4.74 Å². The van der Waals surface area contributed by atoms with E-state index in [1.54, 1.807) is 24.3 Å². The Hall–Kier alpha value is -2.96. The van der Waals surface area contributed by atoms with Crippen LogP contribution in [0, 0.1) is 15.9 Å². The zero-order valence-electron chi connectivity index (χ0n) is 15.1. The molecule has 1 atom stereocenters. The van der Waals surface area contributed by atoms with Gasteiger partial charge < -0.3 is 9.84 Å². The van der Waals surface area contributed by atoms with Crippen molar-refractivity contribution in [2.24, 2.45) is 0 Å². The van der Waals surface area contributed by atoms with Crippen LogP contribution in [0.4, 0.5) is 10.1 Å². The number of hydrogen-bond acceptors (Lipinski definition) is 4. The fraction of sp³-hybridized carbons (Fsp3) is 0.100. The van der Waals surface area contributed by atoms with Gasteiger partial charge in [-0.05, 0) is 47.5 Å². The van der Waals surface area contributed by atoms with Crippen LogP contribution in [-0.4, -0.2) is 17.1 Å². The lowest BCUT2D eigenvalue weighted by molar-refractivity contribution is -0.384. The van der Waals surface area contributed by atoms with Crippen molar-refractivity contribution in [1.82, 2.24) is 0 Å². The molecule has 1 unspecified atom stereocenters. The Bertz CT molecular complexity index is 1040. The third-order valence-corrected chi connectivity index (χ3v) is 4.28. The van der Waals surface area contributed by atoms with E-state index in [0.717, 1.165) is 12.1 Å². The van der Waals surface area contributed by atoms with Crippen molar-refractivity contribution in [3.05, 3.63) is 92.7 Å². The summed E-state index contributed by atoms with van der Waals surface area (Å²) in [4.78, 5) is 10.2. The number of rotatable bonds is 5. The fourth-order valence-corrected chi connectivity index (χ4v) is 2.91. The largest absolute Gasteiger partial charge is 0.496 e. The summed E-state index contributed by atoms with van der Waals surface area (Å²) in [5.41, 5.74) is -0.0657. The second-order valence-corrected chi connectivity index (χ2v) is 6.10. The van der Waals surface area contributed by atoms with E-state index in [-0.39, 0.29) is 28.1 Å². The highest BCUT2D eigenvalue weighted by molar-refractivity contribution is 6.30. The third kappa shape index (κ3) is 3.77. The molecule has 0 aliphatic carbocycles. The molecule has 0 amide bonds. The maximum atomic E-state index is 15.4. The Morgan fingerprint density at radius 3 is 2.52 bits per heavy atom. The van der Waals surface area contributed by atoms with Gasteiger partial charge in [0.15, 0.2) is 0 Å². The summed E-state index contributed by atoms with van der Waals surface area (Å²) in [6.45, 7) is 0. The standard InChI is InChI=1S/C20H15ClFNO4/c1-27-17-10-9-16(19(22)18(17)13-3-2-4-14(21)11-13)20(24)12-5-7-15(8-6-12)23(25)26/h2-11,20,24H,1H3/i20D. The van der Waals surface area contributed by atoms with E-state index in [1.807, 2.05) is 0 Å². The smallest absolute Gasteiger partial charge is 0.269 e. The van der Waals surface area contributed by atoms with E-state index in [1.165, 1.54) is 31.4 Å². The lowest BCUT2D eigenvalue weighted by atomic mass is 9.95. The van der Waals surface area contributed by atoms with Gasteiger partial charge in [0.1, 0.15) is 17.6 Å². The predicted molar refractivity (Wildman–Crippen MR) is 101 cm³/mol. The minimum Gasteiger partial charge on any atom is -0.496 e. The summed E-state index contributed by atoms with van der Waals surface area (Å²) in [6.07, 6.45) is -2.47. The molecule has 7 heteroatoms. The van der Waals surface area contributed by atoms with Crippen molar-refractivity contribution in [1.29, 1.82) is 0 Å². The van der Waals surface area contributed by atoms with Gasteiger partial charge in [0.2, 0.25) is 0 Å². The molecule has 0 aliphatic heterocycles. The molecule has 0 spiro atoms. The second kappa shape index (κ2) is 7.73. The van der Waals surface area contributed by atoms with E-state index in [9.17, 15) is 15.2 Å². The van der Waals surface area contributed by atoms with E-state index in [4.69, 9.17) is 17.7 Å². The highest BCUT2D eigenvalue weighted by atomic mass is 35.5. The van der Waals surface area contributed by atoms with Crippen molar-refractivity contribution in [2.75, 3.05) is 7.11 Å². The molecule has 0 aliphatic rings. The molecule has 0 fully saturated rings. The molecule has 3 aromatic carbocycles. The summed E-state index contributed by atoms with van der Waals surface area (Å²) in [5, 5.41) is 21.9. The first-order valence-electron chi connectivity index (χ1n) is 8.36. The molecule has 0 aromatic heterocycles. The van der Waals surface area contributed by atoms with Gasteiger partial charge in [-0.25, -0.2) is 4.39 Å². The Balaban J connectivity index is 2.16. The van der Waals surface area contributed by atoms with Gasteiger partial charge in [0, 0.05) is 22.7 Å². The molecule has 27 heavy (non-hydrogen) atoms. The number of hydrogen-bond donors (Lipinski definition) is 1. The topological polar surface area (TPSA) is 72.6 Å². The first-order chi connectivity index (χ1) is 13.3. The molecule has 0 radical (unpaired) electrons. The van der Waals surface area contributed by atoms with E-state index in [0.29, 0.717) is 10.6 Å². The molecule has 1 N–H and O–H groups in total. The molecule has 3 rings (SSSR count). The highest BCUT2D eigenvalue weighted by Gasteiger charge is 2.22. The van der Waals surface area contributed by atoms with Gasteiger partial charge in [-0.1, -0.05) is 23.7 Å². The molecule has 138 valence electrons. The number of nitro groups is 1. The normalized spacial score (nSPS) is 13.6. The first kappa shape index (κ1) is 17.5. The van der Waals surface area contributed by atoms with Gasteiger partial charge in [0.05, 0.1) is 19.0 Å². The molecule has 0 bridgehead atoms. The number of nitro benzene ring substituents is 1. The molecule has 0 heterocycles. The predicted octanol–water partition coefficient (Wildman–Crippen LogP) is 5.14.